The minimum absolute atomic E-state index is 0.264. The summed E-state index contributed by atoms with van der Waals surface area (Å²) in [5.41, 5.74) is 2.12. The first-order valence-electron chi connectivity index (χ1n) is 6.58. The standard InChI is InChI=1S/C14H16N4O2S/c1-8-6-9(2)17-12(11(8)7-15)21-10(3)13(19)18-5-4-16-14(18)20/h6,10H,4-5H2,1-3H3,(H,16,20)/t10-/m0/s1. The molecule has 0 radical (unpaired) electrons. The summed E-state index contributed by atoms with van der Waals surface area (Å²) in [6.07, 6.45) is 0. The SMILES string of the molecule is Cc1cc(C)c(C#N)c(S[C@@H](C)C(=O)N2CCNC2=O)n1. The Labute approximate surface area is 127 Å². The van der Waals surface area contributed by atoms with Crippen molar-refractivity contribution >= 4 is 23.7 Å². The number of carbonyl (C=O) groups is 2. The van der Waals surface area contributed by atoms with E-state index in [9.17, 15) is 14.9 Å². The van der Waals surface area contributed by atoms with Gasteiger partial charge in [-0.1, -0.05) is 11.8 Å². The number of nitriles is 1. The van der Waals surface area contributed by atoms with Crippen molar-refractivity contribution in [3.63, 3.8) is 0 Å². The van der Waals surface area contributed by atoms with Gasteiger partial charge in [0.1, 0.15) is 11.1 Å². The molecule has 7 heteroatoms. The van der Waals surface area contributed by atoms with Crippen molar-refractivity contribution in [1.82, 2.24) is 15.2 Å². The lowest BCUT2D eigenvalue weighted by Gasteiger charge is -2.18. The highest BCUT2D eigenvalue weighted by molar-refractivity contribution is 8.00. The van der Waals surface area contributed by atoms with Crippen molar-refractivity contribution < 1.29 is 9.59 Å². The molecule has 1 aliphatic rings. The average molecular weight is 304 g/mol. The van der Waals surface area contributed by atoms with Gasteiger partial charge in [-0.25, -0.2) is 9.78 Å². The number of amides is 3. The molecule has 0 aliphatic carbocycles. The molecular weight excluding hydrogens is 288 g/mol. The summed E-state index contributed by atoms with van der Waals surface area (Å²) < 4.78 is 0. The van der Waals surface area contributed by atoms with Gasteiger partial charge >= 0.3 is 6.03 Å². The molecule has 6 nitrogen and oxygen atoms in total. The lowest BCUT2D eigenvalue weighted by molar-refractivity contribution is -0.126. The van der Waals surface area contributed by atoms with Gasteiger partial charge in [0.15, 0.2) is 0 Å². The highest BCUT2D eigenvalue weighted by Crippen LogP contribution is 2.28. The van der Waals surface area contributed by atoms with E-state index < -0.39 is 5.25 Å². The Bertz CT molecular complexity index is 639. The van der Waals surface area contributed by atoms with Gasteiger partial charge in [0.25, 0.3) is 0 Å². The molecule has 0 aromatic carbocycles. The van der Waals surface area contributed by atoms with E-state index in [1.165, 1.54) is 16.7 Å². The van der Waals surface area contributed by atoms with Crippen molar-refractivity contribution in [3.05, 3.63) is 22.9 Å². The van der Waals surface area contributed by atoms with Crippen LogP contribution in [0.1, 0.15) is 23.7 Å². The number of imide groups is 1. The molecule has 1 fully saturated rings. The highest BCUT2D eigenvalue weighted by atomic mass is 32.2. The first-order chi connectivity index (χ1) is 9.93. The molecule has 2 rings (SSSR count). The van der Waals surface area contributed by atoms with E-state index in [0.29, 0.717) is 23.7 Å². The smallest absolute Gasteiger partial charge is 0.324 e. The molecule has 1 aromatic heterocycles. The predicted octanol–water partition coefficient (Wildman–Crippen LogP) is 1.60. The fourth-order valence-corrected chi connectivity index (χ4v) is 3.23. The zero-order valence-corrected chi connectivity index (χ0v) is 13.0. The van der Waals surface area contributed by atoms with Crippen LogP contribution in [0, 0.1) is 25.2 Å². The third kappa shape index (κ3) is 3.16. The van der Waals surface area contributed by atoms with Crippen molar-refractivity contribution in [2.75, 3.05) is 13.1 Å². The second-order valence-electron chi connectivity index (χ2n) is 4.85. The summed E-state index contributed by atoms with van der Waals surface area (Å²) in [4.78, 5) is 29.3. The van der Waals surface area contributed by atoms with Crippen LogP contribution in [0.3, 0.4) is 0 Å². The van der Waals surface area contributed by atoms with Crippen molar-refractivity contribution in [1.29, 1.82) is 5.26 Å². The summed E-state index contributed by atoms with van der Waals surface area (Å²) in [5.74, 6) is -0.264. The Morgan fingerprint density at radius 2 is 2.29 bits per heavy atom. The second-order valence-corrected chi connectivity index (χ2v) is 6.18. The summed E-state index contributed by atoms with van der Waals surface area (Å²) in [6.45, 7) is 6.27. The third-order valence-electron chi connectivity index (χ3n) is 3.18. The molecule has 1 N–H and O–H groups in total. The van der Waals surface area contributed by atoms with E-state index >= 15 is 0 Å². The average Bonchev–Trinajstić information content (AvgIpc) is 2.83. The number of nitrogens with zero attached hydrogens (tertiary/aromatic N) is 3. The maximum absolute atomic E-state index is 12.3. The van der Waals surface area contributed by atoms with Crippen molar-refractivity contribution in [2.24, 2.45) is 0 Å². The van der Waals surface area contributed by atoms with Crippen LogP contribution in [0.4, 0.5) is 4.79 Å². The van der Waals surface area contributed by atoms with Gasteiger partial charge in [-0.2, -0.15) is 5.26 Å². The summed E-state index contributed by atoms with van der Waals surface area (Å²) in [6, 6.07) is 3.60. The number of urea groups is 1. The highest BCUT2D eigenvalue weighted by Gasteiger charge is 2.30. The van der Waals surface area contributed by atoms with Crippen LogP contribution in [-0.2, 0) is 4.79 Å². The Morgan fingerprint density at radius 1 is 1.57 bits per heavy atom. The Balaban J connectivity index is 2.20. The Hall–Kier alpha value is -2.07. The number of pyridine rings is 1. The van der Waals surface area contributed by atoms with Gasteiger partial charge in [0.05, 0.1) is 10.8 Å². The van der Waals surface area contributed by atoms with Crippen LogP contribution in [-0.4, -0.2) is 40.2 Å². The second kappa shape index (κ2) is 6.14. The topological polar surface area (TPSA) is 86.1 Å². The zero-order valence-electron chi connectivity index (χ0n) is 12.1. The van der Waals surface area contributed by atoms with Gasteiger partial charge in [-0.15, -0.1) is 0 Å². The number of hydrogen-bond donors (Lipinski definition) is 1. The van der Waals surface area contributed by atoms with Gasteiger partial charge < -0.3 is 5.32 Å². The number of aryl methyl sites for hydroxylation is 2. The maximum atomic E-state index is 12.3. The van der Waals surface area contributed by atoms with E-state index in [0.717, 1.165) is 11.3 Å². The fourth-order valence-electron chi connectivity index (χ4n) is 2.14. The number of rotatable bonds is 3. The molecule has 1 saturated heterocycles. The molecular formula is C14H16N4O2S. The summed E-state index contributed by atoms with van der Waals surface area (Å²) >= 11 is 1.22. The number of aromatic nitrogens is 1. The van der Waals surface area contributed by atoms with Gasteiger partial charge in [-0.05, 0) is 32.4 Å². The predicted molar refractivity (Wildman–Crippen MR) is 78.9 cm³/mol. The Kier molecular flexibility index (Phi) is 4.48. The monoisotopic (exact) mass is 304 g/mol. The molecule has 0 unspecified atom stereocenters. The molecule has 1 aliphatic heterocycles. The molecule has 2 heterocycles. The largest absolute Gasteiger partial charge is 0.336 e. The first kappa shape index (κ1) is 15.3. The van der Waals surface area contributed by atoms with E-state index in [4.69, 9.17) is 0 Å². The lowest BCUT2D eigenvalue weighted by Crippen LogP contribution is -2.39. The van der Waals surface area contributed by atoms with Crippen LogP contribution in [0.5, 0.6) is 0 Å². The maximum Gasteiger partial charge on any atom is 0.324 e. The number of nitrogens with one attached hydrogen (secondary N) is 1. The summed E-state index contributed by atoms with van der Waals surface area (Å²) in [5, 5.41) is 11.9. The first-order valence-corrected chi connectivity index (χ1v) is 7.46. The van der Waals surface area contributed by atoms with Gasteiger partial charge in [0.2, 0.25) is 5.91 Å². The normalized spacial score (nSPS) is 15.5. The molecule has 110 valence electrons. The number of thioether (sulfide) groups is 1. The van der Waals surface area contributed by atoms with E-state index in [1.807, 2.05) is 19.9 Å². The van der Waals surface area contributed by atoms with E-state index in [-0.39, 0.29) is 11.9 Å². The minimum atomic E-state index is -0.477. The quantitative estimate of drug-likeness (QED) is 0.857. The molecule has 1 aromatic rings. The number of hydrogen-bond acceptors (Lipinski definition) is 5. The van der Waals surface area contributed by atoms with Crippen LogP contribution >= 0.6 is 11.8 Å². The van der Waals surface area contributed by atoms with Gasteiger partial charge in [0, 0.05) is 18.8 Å². The lowest BCUT2D eigenvalue weighted by atomic mass is 10.1. The van der Waals surface area contributed by atoms with E-state index in [1.54, 1.807) is 6.92 Å². The third-order valence-corrected chi connectivity index (χ3v) is 4.26. The zero-order chi connectivity index (χ0) is 15.6. The fraction of sp³-hybridized carbons (Fsp3) is 0.429. The molecule has 0 spiro atoms. The van der Waals surface area contributed by atoms with Crippen molar-refractivity contribution in [2.45, 2.75) is 31.0 Å². The van der Waals surface area contributed by atoms with Crippen LogP contribution in [0.2, 0.25) is 0 Å². The molecule has 0 bridgehead atoms. The van der Waals surface area contributed by atoms with Crippen LogP contribution in [0.25, 0.3) is 0 Å². The van der Waals surface area contributed by atoms with Gasteiger partial charge in [-0.3, -0.25) is 9.69 Å². The molecule has 21 heavy (non-hydrogen) atoms. The molecule has 1 atom stereocenters. The summed E-state index contributed by atoms with van der Waals surface area (Å²) in [7, 11) is 0. The Morgan fingerprint density at radius 3 is 2.86 bits per heavy atom. The van der Waals surface area contributed by atoms with Crippen LogP contribution in [0.15, 0.2) is 11.1 Å². The minimum Gasteiger partial charge on any atom is -0.336 e. The molecule has 3 amide bonds. The van der Waals surface area contributed by atoms with Crippen molar-refractivity contribution in [3.8, 4) is 6.07 Å². The van der Waals surface area contributed by atoms with Crippen LogP contribution < -0.4 is 5.32 Å². The number of carbonyl (C=O) groups excluding carboxylic acids is 2. The molecule has 0 saturated carbocycles. The van der Waals surface area contributed by atoms with E-state index in [2.05, 4.69) is 16.4 Å².